The van der Waals surface area contributed by atoms with Crippen molar-refractivity contribution in [3.63, 3.8) is 0 Å². The lowest BCUT2D eigenvalue weighted by molar-refractivity contribution is -0.00216. The van der Waals surface area contributed by atoms with Gasteiger partial charge < -0.3 is 29.8 Å². The summed E-state index contributed by atoms with van der Waals surface area (Å²) in [5.74, 6) is 0. The Balaban J connectivity index is 2.85. The van der Waals surface area contributed by atoms with Crippen LogP contribution >= 0.6 is 0 Å². The molecular weight excluding hydrogens is 226 g/mol. The quantitative estimate of drug-likeness (QED) is 0.401. The molecule has 17 heavy (non-hydrogen) atoms. The lowest BCUT2D eigenvalue weighted by Gasteiger charge is -2.06. The summed E-state index contributed by atoms with van der Waals surface area (Å²) < 4.78 is 20.9. The minimum absolute atomic E-state index is 0.168. The maximum atomic E-state index is 8.50. The summed E-state index contributed by atoms with van der Waals surface area (Å²) in [4.78, 5) is 0. The predicted octanol–water partition coefficient (Wildman–Crippen LogP) is -0.606. The molecule has 0 atom stereocenters. The molecule has 0 unspecified atom stereocenters. The second-order valence-corrected chi connectivity index (χ2v) is 3.32. The Labute approximate surface area is 103 Å². The van der Waals surface area contributed by atoms with E-state index in [1.54, 1.807) is 0 Å². The number of ether oxygens (including phenoxy) is 4. The smallest absolute Gasteiger partial charge is 0.0701 e. The van der Waals surface area contributed by atoms with Crippen LogP contribution in [0.25, 0.3) is 0 Å². The molecule has 0 saturated carbocycles. The molecule has 0 amide bonds. The van der Waals surface area contributed by atoms with Gasteiger partial charge in [0.05, 0.1) is 46.2 Å². The summed E-state index contributed by atoms with van der Waals surface area (Å²) in [5, 5.41) is 8.50. The van der Waals surface area contributed by atoms with Crippen molar-refractivity contribution >= 4 is 0 Å². The molecule has 6 nitrogen and oxygen atoms in total. The Morgan fingerprint density at radius 1 is 0.647 bits per heavy atom. The van der Waals surface area contributed by atoms with Gasteiger partial charge in [0.1, 0.15) is 0 Å². The lowest BCUT2D eigenvalue weighted by Crippen LogP contribution is -2.14. The topological polar surface area (TPSA) is 83.2 Å². The van der Waals surface area contributed by atoms with Crippen LogP contribution in [0.3, 0.4) is 0 Å². The highest BCUT2D eigenvalue weighted by Crippen LogP contribution is 1.84. The summed E-state index contributed by atoms with van der Waals surface area (Å²) in [7, 11) is 0. The molecule has 0 radical (unpaired) electrons. The van der Waals surface area contributed by atoms with Crippen LogP contribution < -0.4 is 5.73 Å². The molecule has 0 heterocycles. The third-order valence-electron chi connectivity index (χ3n) is 1.83. The van der Waals surface area contributed by atoms with E-state index in [2.05, 4.69) is 0 Å². The molecule has 0 aliphatic rings. The van der Waals surface area contributed by atoms with E-state index in [-0.39, 0.29) is 6.61 Å². The summed E-state index contributed by atoms with van der Waals surface area (Å²) >= 11 is 0. The van der Waals surface area contributed by atoms with Gasteiger partial charge in [-0.25, -0.2) is 0 Å². The predicted molar refractivity (Wildman–Crippen MR) is 64.0 cm³/mol. The number of hydrogen-bond donors (Lipinski definition) is 2. The maximum Gasteiger partial charge on any atom is 0.0701 e. The van der Waals surface area contributed by atoms with Crippen LogP contribution in [0, 0.1) is 0 Å². The largest absolute Gasteiger partial charge is 0.396 e. The summed E-state index contributed by atoms with van der Waals surface area (Å²) in [6, 6.07) is 0. The molecule has 0 aromatic heterocycles. The maximum absolute atomic E-state index is 8.50. The standard InChI is InChI=1S/C11H25NO5/c12-2-5-15-7-9-17-11-10-16-8-6-14-4-1-3-13/h13H,1-12H2. The fourth-order valence-corrected chi connectivity index (χ4v) is 1.01. The minimum Gasteiger partial charge on any atom is -0.396 e. The molecule has 3 N–H and O–H groups in total. The molecule has 0 rings (SSSR count). The van der Waals surface area contributed by atoms with Crippen molar-refractivity contribution in [3.8, 4) is 0 Å². The van der Waals surface area contributed by atoms with Gasteiger partial charge in [-0.15, -0.1) is 0 Å². The molecule has 0 aromatic rings. The molecule has 0 fully saturated rings. The normalized spacial score (nSPS) is 10.9. The van der Waals surface area contributed by atoms with Crippen LogP contribution in [0.15, 0.2) is 0 Å². The summed E-state index contributed by atoms with van der Waals surface area (Å²) in [5.41, 5.74) is 5.26. The van der Waals surface area contributed by atoms with E-state index in [4.69, 9.17) is 29.8 Å². The van der Waals surface area contributed by atoms with Gasteiger partial charge in [-0.1, -0.05) is 0 Å². The van der Waals surface area contributed by atoms with E-state index in [0.717, 1.165) is 0 Å². The Bertz CT molecular complexity index is 123. The first-order valence-corrected chi connectivity index (χ1v) is 6.03. The number of hydrogen-bond acceptors (Lipinski definition) is 6. The van der Waals surface area contributed by atoms with Crippen LogP contribution in [-0.4, -0.2) is 71.1 Å². The Morgan fingerprint density at radius 3 is 1.47 bits per heavy atom. The van der Waals surface area contributed by atoms with Crippen LogP contribution in [-0.2, 0) is 18.9 Å². The molecule has 0 aliphatic carbocycles. The molecule has 0 aliphatic heterocycles. The first kappa shape index (κ1) is 16.8. The van der Waals surface area contributed by atoms with E-state index in [1.165, 1.54) is 0 Å². The highest BCUT2D eigenvalue weighted by atomic mass is 16.6. The third-order valence-corrected chi connectivity index (χ3v) is 1.83. The Hall–Kier alpha value is -0.240. The van der Waals surface area contributed by atoms with Crippen LogP contribution in [0.5, 0.6) is 0 Å². The van der Waals surface area contributed by atoms with Crippen molar-refractivity contribution < 1.29 is 24.1 Å². The highest BCUT2D eigenvalue weighted by molar-refractivity contribution is 4.36. The monoisotopic (exact) mass is 251 g/mol. The number of aliphatic hydroxyl groups is 1. The van der Waals surface area contributed by atoms with Crippen molar-refractivity contribution in [3.05, 3.63) is 0 Å². The van der Waals surface area contributed by atoms with Gasteiger partial charge >= 0.3 is 0 Å². The Morgan fingerprint density at radius 2 is 1.06 bits per heavy atom. The fourth-order valence-electron chi connectivity index (χ4n) is 1.01. The average molecular weight is 251 g/mol. The van der Waals surface area contributed by atoms with E-state index >= 15 is 0 Å². The van der Waals surface area contributed by atoms with Crippen molar-refractivity contribution in [2.45, 2.75) is 6.42 Å². The van der Waals surface area contributed by atoms with Gasteiger partial charge in [-0.05, 0) is 6.42 Å². The SMILES string of the molecule is NCCOCCOCCOCCOCCCO. The van der Waals surface area contributed by atoms with Crippen LogP contribution in [0.1, 0.15) is 6.42 Å². The Kier molecular flexibility index (Phi) is 15.5. The van der Waals surface area contributed by atoms with Gasteiger partial charge in [0.2, 0.25) is 0 Å². The first-order chi connectivity index (χ1) is 8.41. The highest BCUT2D eigenvalue weighted by Gasteiger charge is 1.92. The molecule has 0 aromatic carbocycles. The zero-order chi connectivity index (χ0) is 12.6. The molecule has 104 valence electrons. The van der Waals surface area contributed by atoms with Crippen molar-refractivity contribution in [1.29, 1.82) is 0 Å². The second-order valence-electron chi connectivity index (χ2n) is 3.32. The van der Waals surface area contributed by atoms with E-state index in [1.807, 2.05) is 0 Å². The number of nitrogens with two attached hydrogens (primary N) is 1. The van der Waals surface area contributed by atoms with Gasteiger partial charge in [-0.3, -0.25) is 0 Å². The number of aliphatic hydroxyl groups excluding tert-OH is 1. The van der Waals surface area contributed by atoms with Gasteiger partial charge in [0, 0.05) is 19.8 Å². The van der Waals surface area contributed by atoms with Crippen LogP contribution in [0.2, 0.25) is 0 Å². The van der Waals surface area contributed by atoms with E-state index in [0.29, 0.717) is 65.8 Å². The van der Waals surface area contributed by atoms with E-state index in [9.17, 15) is 0 Å². The average Bonchev–Trinajstić information content (AvgIpc) is 2.35. The van der Waals surface area contributed by atoms with Gasteiger partial charge in [0.25, 0.3) is 0 Å². The molecule has 0 bridgehead atoms. The minimum atomic E-state index is 0.168. The van der Waals surface area contributed by atoms with Crippen molar-refractivity contribution in [1.82, 2.24) is 0 Å². The number of rotatable bonds is 14. The van der Waals surface area contributed by atoms with Gasteiger partial charge in [-0.2, -0.15) is 0 Å². The first-order valence-electron chi connectivity index (χ1n) is 6.03. The molecule has 0 spiro atoms. The zero-order valence-electron chi connectivity index (χ0n) is 10.4. The fraction of sp³-hybridized carbons (Fsp3) is 1.00. The molecule has 0 saturated heterocycles. The summed E-state index contributed by atoms with van der Waals surface area (Å²) in [6.45, 7) is 5.22. The van der Waals surface area contributed by atoms with Crippen molar-refractivity contribution in [2.75, 3.05) is 66.0 Å². The van der Waals surface area contributed by atoms with Gasteiger partial charge in [0.15, 0.2) is 0 Å². The zero-order valence-corrected chi connectivity index (χ0v) is 10.4. The third kappa shape index (κ3) is 15.8. The summed E-state index contributed by atoms with van der Waals surface area (Å²) in [6.07, 6.45) is 0.673. The molecular formula is C11H25NO5. The van der Waals surface area contributed by atoms with Crippen LogP contribution in [0.4, 0.5) is 0 Å². The van der Waals surface area contributed by atoms with E-state index < -0.39 is 0 Å². The second kappa shape index (κ2) is 15.8. The molecule has 6 heteroatoms. The van der Waals surface area contributed by atoms with Crippen molar-refractivity contribution in [2.24, 2.45) is 5.73 Å². The lowest BCUT2D eigenvalue weighted by atomic mass is 10.5.